The minimum absolute atomic E-state index is 0.0542. The van der Waals surface area contributed by atoms with Gasteiger partial charge in [0.05, 0.1) is 25.2 Å². The molecule has 0 spiro atoms. The van der Waals surface area contributed by atoms with Gasteiger partial charge in [-0.3, -0.25) is 9.59 Å². The average molecular weight is 808 g/mol. The van der Waals surface area contributed by atoms with E-state index in [-0.39, 0.29) is 24.9 Å². The quantitative estimate of drug-likeness (QED) is 0.0325. The summed E-state index contributed by atoms with van der Waals surface area (Å²) in [6.45, 7) is 6.27. The molecule has 0 saturated heterocycles. The van der Waals surface area contributed by atoms with Crippen molar-refractivity contribution in [3.05, 3.63) is 85.1 Å². The van der Waals surface area contributed by atoms with Crippen LogP contribution in [0.3, 0.4) is 0 Å². The van der Waals surface area contributed by atoms with Gasteiger partial charge in [-0.1, -0.05) is 196 Å². The highest BCUT2D eigenvalue weighted by molar-refractivity contribution is 5.78. The van der Waals surface area contributed by atoms with E-state index in [0.717, 1.165) is 83.5 Å². The number of ether oxygens (including phenoxy) is 1. The van der Waals surface area contributed by atoms with Crippen LogP contribution in [-0.4, -0.2) is 46.9 Å². The number of amides is 1. The third-order valence-corrected chi connectivity index (χ3v) is 10.2. The van der Waals surface area contributed by atoms with Crippen molar-refractivity contribution in [1.82, 2.24) is 5.32 Å². The van der Waals surface area contributed by atoms with E-state index < -0.39 is 18.2 Å². The molecule has 6 nitrogen and oxygen atoms in total. The van der Waals surface area contributed by atoms with Crippen molar-refractivity contribution in [3.63, 3.8) is 0 Å². The maximum Gasteiger partial charge on any atom is 0.306 e. The van der Waals surface area contributed by atoms with E-state index >= 15 is 0 Å². The molecule has 0 heterocycles. The van der Waals surface area contributed by atoms with Crippen molar-refractivity contribution < 1.29 is 24.5 Å². The fourth-order valence-electron chi connectivity index (χ4n) is 6.60. The Hall–Kier alpha value is -2.96. The van der Waals surface area contributed by atoms with Gasteiger partial charge in [0.25, 0.3) is 0 Å². The lowest BCUT2D eigenvalue weighted by Gasteiger charge is -2.23. The molecule has 0 fully saturated rings. The number of hydrogen-bond donors (Lipinski definition) is 3. The highest BCUT2D eigenvalue weighted by Crippen LogP contribution is 2.15. The van der Waals surface area contributed by atoms with E-state index in [1.807, 2.05) is 6.08 Å². The summed E-state index contributed by atoms with van der Waals surface area (Å²) in [5.41, 5.74) is 0. The molecular weight excluding hydrogens is 719 g/mol. The highest BCUT2D eigenvalue weighted by Gasteiger charge is 2.23. The van der Waals surface area contributed by atoms with Crippen molar-refractivity contribution in [2.75, 3.05) is 6.61 Å². The number of carbonyl (C=O) groups is 2. The van der Waals surface area contributed by atoms with Gasteiger partial charge < -0.3 is 20.3 Å². The van der Waals surface area contributed by atoms with Gasteiger partial charge in [-0.05, 0) is 83.1 Å². The Morgan fingerprint density at radius 2 is 0.966 bits per heavy atom. The molecule has 332 valence electrons. The van der Waals surface area contributed by atoms with Gasteiger partial charge in [0.1, 0.15) is 6.10 Å². The maximum atomic E-state index is 13.1. The van der Waals surface area contributed by atoms with E-state index in [2.05, 4.69) is 99.0 Å². The Balaban J connectivity index is 4.83. The predicted octanol–water partition coefficient (Wildman–Crippen LogP) is 14.0. The standard InChI is InChI=1S/C52H89NO5/c1-4-7-10-13-16-19-22-24-25-26-27-28-29-31-34-37-40-43-48(58-52(57)45-42-39-36-33-30-23-20-17-14-11-8-5-2)46-51(56)53-49(47-54)50(55)44-41-38-35-32-21-18-15-12-9-6-3/h7,10,16-17,19-20,24-25,27-28,31,34,40,43,48-50,54-55H,4-6,8-9,11-15,18,21-23,26,29-30,32-33,35-39,41-42,44-47H2,1-3H3,(H,53,56)/b10-7-,19-16-,20-17-,25-24-,28-27-,34-31-,43-40-. The van der Waals surface area contributed by atoms with Crippen LogP contribution in [0, 0.1) is 0 Å². The zero-order valence-corrected chi connectivity index (χ0v) is 37.6. The van der Waals surface area contributed by atoms with Gasteiger partial charge >= 0.3 is 5.97 Å². The molecule has 0 aromatic carbocycles. The minimum Gasteiger partial charge on any atom is -0.458 e. The van der Waals surface area contributed by atoms with Crippen molar-refractivity contribution in [3.8, 4) is 0 Å². The summed E-state index contributed by atoms with van der Waals surface area (Å²) >= 11 is 0. The molecule has 0 radical (unpaired) electrons. The number of aliphatic hydroxyl groups excluding tert-OH is 2. The van der Waals surface area contributed by atoms with Crippen LogP contribution in [-0.2, 0) is 14.3 Å². The Bertz CT molecular complexity index is 1130. The summed E-state index contributed by atoms with van der Waals surface area (Å²) in [5, 5.41) is 23.6. The molecule has 0 aromatic heterocycles. The fourth-order valence-corrected chi connectivity index (χ4v) is 6.60. The Kier molecular flexibility index (Phi) is 42.8. The van der Waals surface area contributed by atoms with E-state index in [1.54, 1.807) is 6.08 Å². The van der Waals surface area contributed by atoms with Crippen LogP contribution < -0.4 is 5.32 Å². The lowest BCUT2D eigenvalue weighted by Crippen LogP contribution is -2.46. The number of carbonyl (C=O) groups excluding carboxylic acids is 2. The molecule has 0 aliphatic carbocycles. The monoisotopic (exact) mass is 808 g/mol. The topological polar surface area (TPSA) is 95.9 Å². The fraction of sp³-hybridized carbons (Fsp3) is 0.692. The first-order chi connectivity index (χ1) is 28.5. The van der Waals surface area contributed by atoms with Crippen molar-refractivity contribution in [1.29, 1.82) is 0 Å². The highest BCUT2D eigenvalue weighted by atomic mass is 16.5. The molecule has 0 rings (SSSR count). The molecule has 0 saturated carbocycles. The Morgan fingerprint density at radius 1 is 0.534 bits per heavy atom. The molecule has 1 amide bonds. The van der Waals surface area contributed by atoms with Crippen molar-refractivity contribution in [2.45, 2.75) is 225 Å². The molecule has 0 aliphatic rings. The van der Waals surface area contributed by atoms with Crippen LogP contribution in [0.2, 0.25) is 0 Å². The molecule has 0 aromatic rings. The first-order valence-corrected chi connectivity index (χ1v) is 23.8. The number of allylic oxidation sites excluding steroid dienone is 13. The van der Waals surface area contributed by atoms with Gasteiger partial charge in [0.15, 0.2) is 0 Å². The Labute approximate surface area is 357 Å². The normalized spacial score (nSPS) is 14.1. The number of aliphatic hydroxyl groups is 2. The zero-order valence-electron chi connectivity index (χ0n) is 37.6. The van der Waals surface area contributed by atoms with Crippen LogP contribution in [0.5, 0.6) is 0 Å². The molecule has 58 heavy (non-hydrogen) atoms. The summed E-state index contributed by atoms with van der Waals surface area (Å²) in [6.07, 6.45) is 58.1. The average Bonchev–Trinajstić information content (AvgIpc) is 3.22. The number of esters is 1. The largest absolute Gasteiger partial charge is 0.458 e. The van der Waals surface area contributed by atoms with Gasteiger partial charge in [-0.2, -0.15) is 0 Å². The summed E-state index contributed by atoms with van der Waals surface area (Å²) in [7, 11) is 0. The third-order valence-electron chi connectivity index (χ3n) is 10.2. The van der Waals surface area contributed by atoms with Crippen LogP contribution in [0.15, 0.2) is 85.1 Å². The SMILES string of the molecule is CC/C=C\C/C=C\C/C=C\C/C=C\C/C=C\C/C=C\C(CC(=O)NC(CO)C(O)CCCCCCCCCCCC)OC(=O)CCCCCCC/C=C\CCCCC. The zero-order chi connectivity index (χ0) is 42.4. The third kappa shape index (κ3) is 39.8. The Morgan fingerprint density at radius 3 is 1.48 bits per heavy atom. The molecule has 3 atom stereocenters. The van der Waals surface area contributed by atoms with E-state index in [1.165, 1.54) is 77.0 Å². The second-order valence-corrected chi connectivity index (χ2v) is 15.8. The van der Waals surface area contributed by atoms with Crippen LogP contribution in [0.25, 0.3) is 0 Å². The number of hydrogen-bond acceptors (Lipinski definition) is 5. The number of unbranched alkanes of at least 4 members (excludes halogenated alkanes) is 17. The van der Waals surface area contributed by atoms with Crippen LogP contribution in [0.4, 0.5) is 0 Å². The van der Waals surface area contributed by atoms with E-state index in [4.69, 9.17) is 4.74 Å². The van der Waals surface area contributed by atoms with E-state index in [9.17, 15) is 19.8 Å². The van der Waals surface area contributed by atoms with Crippen molar-refractivity contribution >= 4 is 11.9 Å². The molecular formula is C52H89NO5. The second kappa shape index (κ2) is 45.1. The molecule has 0 bridgehead atoms. The predicted molar refractivity (Wildman–Crippen MR) is 250 cm³/mol. The van der Waals surface area contributed by atoms with Crippen molar-refractivity contribution in [2.24, 2.45) is 0 Å². The first kappa shape index (κ1) is 55.0. The second-order valence-electron chi connectivity index (χ2n) is 15.8. The summed E-state index contributed by atoms with van der Waals surface area (Å²) in [4.78, 5) is 26.0. The lowest BCUT2D eigenvalue weighted by atomic mass is 10.0. The van der Waals surface area contributed by atoms with Crippen LogP contribution >= 0.6 is 0 Å². The van der Waals surface area contributed by atoms with Gasteiger partial charge in [0.2, 0.25) is 5.91 Å². The van der Waals surface area contributed by atoms with Gasteiger partial charge in [-0.25, -0.2) is 0 Å². The first-order valence-electron chi connectivity index (χ1n) is 23.8. The van der Waals surface area contributed by atoms with Gasteiger partial charge in [-0.15, -0.1) is 0 Å². The van der Waals surface area contributed by atoms with Gasteiger partial charge in [0, 0.05) is 6.42 Å². The smallest absolute Gasteiger partial charge is 0.306 e. The van der Waals surface area contributed by atoms with E-state index in [0.29, 0.717) is 19.3 Å². The lowest BCUT2D eigenvalue weighted by molar-refractivity contribution is -0.148. The minimum atomic E-state index is -0.823. The number of rotatable bonds is 41. The van der Waals surface area contributed by atoms with Crippen LogP contribution in [0.1, 0.15) is 207 Å². The molecule has 3 N–H and O–H groups in total. The maximum absolute atomic E-state index is 13.1. The summed E-state index contributed by atoms with van der Waals surface area (Å²) in [6, 6.07) is -0.746. The molecule has 6 heteroatoms. The summed E-state index contributed by atoms with van der Waals surface area (Å²) < 4.78 is 5.80. The number of nitrogens with one attached hydrogen (secondary N) is 1. The molecule has 0 aliphatic heterocycles. The molecule has 3 unspecified atom stereocenters. The summed E-state index contributed by atoms with van der Waals surface area (Å²) in [5.74, 6) is -0.648.